The number of carboxylic acid groups (broad SMARTS) is 1. The molecule has 1 unspecified atom stereocenters. The van der Waals surface area contributed by atoms with Gasteiger partial charge in [-0.2, -0.15) is 0 Å². The third kappa shape index (κ3) is 3.20. The van der Waals surface area contributed by atoms with Crippen LogP contribution in [0, 0.1) is 6.92 Å². The summed E-state index contributed by atoms with van der Waals surface area (Å²) < 4.78 is 5.19. The van der Waals surface area contributed by atoms with Crippen molar-refractivity contribution in [2.24, 2.45) is 0 Å². The van der Waals surface area contributed by atoms with Gasteiger partial charge >= 0.3 is 5.97 Å². The lowest BCUT2D eigenvalue weighted by Gasteiger charge is -2.10. The highest BCUT2D eigenvalue weighted by Gasteiger charge is 2.15. The van der Waals surface area contributed by atoms with E-state index in [1.165, 1.54) is 11.8 Å². The van der Waals surface area contributed by atoms with Gasteiger partial charge in [0.25, 0.3) is 0 Å². The molecule has 2 N–H and O–H groups in total. The summed E-state index contributed by atoms with van der Waals surface area (Å²) in [5.41, 5.74) is 1.66. The van der Waals surface area contributed by atoms with Crippen molar-refractivity contribution in [3.63, 3.8) is 0 Å². The van der Waals surface area contributed by atoms with Crippen LogP contribution in [0.2, 0.25) is 0 Å². The lowest BCUT2D eigenvalue weighted by molar-refractivity contribution is -0.145. The Labute approximate surface area is 120 Å². The van der Waals surface area contributed by atoms with Gasteiger partial charge in [-0.3, -0.25) is 4.98 Å². The first-order valence-electron chi connectivity index (χ1n) is 6.00. The number of hydrogen-bond acceptors (Lipinski definition) is 5. The number of aromatic nitrogens is 1. The highest BCUT2D eigenvalue weighted by atomic mass is 32.2. The van der Waals surface area contributed by atoms with E-state index < -0.39 is 12.1 Å². The van der Waals surface area contributed by atoms with Gasteiger partial charge in [0.15, 0.2) is 6.10 Å². The van der Waals surface area contributed by atoms with Gasteiger partial charge < -0.3 is 14.9 Å². The standard InChI is InChI=1S/C14H15NO4S/c1-8-5-13(20-7-12(16)14(17)18)10-6-9(19-2)3-4-11(10)15-8/h3-6,12,16H,7H2,1-2H3,(H,17,18). The average Bonchev–Trinajstić information content (AvgIpc) is 2.43. The van der Waals surface area contributed by atoms with E-state index >= 15 is 0 Å². The topological polar surface area (TPSA) is 79.7 Å². The number of hydrogen-bond donors (Lipinski definition) is 2. The fourth-order valence-electron chi connectivity index (χ4n) is 1.79. The summed E-state index contributed by atoms with van der Waals surface area (Å²) in [4.78, 5) is 16.0. The van der Waals surface area contributed by atoms with Crippen molar-refractivity contribution >= 4 is 28.6 Å². The third-order valence-corrected chi connectivity index (χ3v) is 3.92. The number of carbonyl (C=O) groups is 1. The predicted molar refractivity (Wildman–Crippen MR) is 77.4 cm³/mol. The molecule has 1 aromatic carbocycles. The zero-order valence-electron chi connectivity index (χ0n) is 11.2. The van der Waals surface area contributed by atoms with E-state index in [9.17, 15) is 9.90 Å². The predicted octanol–water partition coefficient (Wildman–Crippen LogP) is 2.09. The van der Waals surface area contributed by atoms with Crippen LogP contribution in [0.3, 0.4) is 0 Å². The number of aliphatic carboxylic acids is 1. The second kappa shape index (κ2) is 6.11. The molecule has 20 heavy (non-hydrogen) atoms. The molecule has 2 aromatic rings. The first-order valence-corrected chi connectivity index (χ1v) is 6.99. The van der Waals surface area contributed by atoms with Crippen LogP contribution in [0.5, 0.6) is 5.75 Å². The summed E-state index contributed by atoms with van der Waals surface area (Å²) in [6, 6.07) is 7.42. The van der Waals surface area contributed by atoms with Crippen LogP contribution in [0.1, 0.15) is 5.69 Å². The SMILES string of the molecule is COc1ccc2nc(C)cc(SCC(O)C(=O)O)c2c1. The van der Waals surface area contributed by atoms with E-state index in [1.807, 2.05) is 31.2 Å². The summed E-state index contributed by atoms with van der Waals surface area (Å²) >= 11 is 1.29. The van der Waals surface area contributed by atoms with Gasteiger partial charge in [0.05, 0.1) is 12.6 Å². The zero-order chi connectivity index (χ0) is 14.7. The maximum absolute atomic E-state index is 10.7. The second-order valence-electron chi connectivity index (χ2n) is 4.31. The lowest BCUT2D eigenvalue weighted by Crippen LogP contribution is -2.21. The van der Waals surface area contributed by atoms with Crippen LogP contribution >= 0.6 is 11.8 Å². The molecule has 1 heterocycles. The molecular weight excluding hydrogens is 278 g/mol. The Balaban J connectivity index is 2.37. The van der Waals surface area contributed by atoms with Gasteiger partial charge in [-0.05, 0) is 31.2 Å². The summed E-state index contributed by atoms with van der Waals surface area (Å²) in [5, 5.41) is 19.0. The van der Waals surface area contributed by atoms with E-state index in [4.69, 9.17) is 9.84 Å². The fourth-order valence-corrected chi connectivity index (χ4v) is 2.84. The van der Waals surface area contributed by atoms with E-state index in [0.717, 1.165) is 21.5 Å². The van der Waals surface area contributed by atoms with Crippen LogP contribution in [0.15, 0.2) is 29.2 Å². The monoisotopic (exact) mass is 293 g/mol. The third-order valence-electron chi connectivity index (χ3n) is 2.79. The van der Waals surface area contributed by atoms with E-state index in [0.29, 0.717) is 5.75 Å². The molecule has 1 aromatic heterocycles. The molecule has 0 aliphatic rings. The Bertz CT molecular complexity index is 644. The Morgan fingerprint density at radius 1 is 1.45 bits per heavy atom. The average molecular weight is 293 g/mol. The summed E-state index contributed by atoms with van der Waals surface area (Å²) in [6.07, 6.45) is -1.38. The highest BCUT2D eigenvalue weighted by molar-refractivity contribution is 7.99. The normalized spacial score (nSPS) is 12.3. The summed E-state index contributed by atoms with van der Waals surface area (Å²) in [7, 11) is 1.59. The molecule has 106 valence electrons. The molecule has 0 bridgehead atoms. The first kappa shape index (κ1) is 14.6. The number of benzene rings is 1. The molecule has 5 nitrogen and oxygen atoms in total. The molecule has 1 atom stereocenters. The number of aliphatic hydroxyl groups is 1. The van der Waals surface area contributed by atoms with Crippen LogP contribution in [0.4, 0.5) is 0 Å². The van der Waals surface area contributed by atoms with Crippen molar-refractivity contribution < 1.29 is 19.7 Å². The minimum atomic E-state index is -1.38. The number of thioether (sulfide) groups is 1. The molecular formula is C14H15NO4S. The molecule has 0 aliphatic carbocycles. The minimum absolute atomic E-state index is 0.0884. The number of aliphatic hydroxyl groups excluding tert-OH is 1. The van der Waals surface area contributed by atoms with Gasteiger partial charge in [-0.25, -0.2) is 4.79 Å². The second-order valence-corrected chi connectivity index (χ2v) is 5.37. The first-order chi connectivity index (χ1) is 9.51. The molecule has 0 saturated heterocycles. The number of rotatable bonds is 5. The van der Waals surface area contributed by atoms with Gasteiger partial charge in [-0.15, -0.1) is 11.8 Å². The van der Waals surface area contributed by atoms with Crippen molar-refractivity contribution in [3.05, 3.63) is 30.0 Å². The van der Waals surface area contributed by atoms with Crippen LogP contribution < -0.4 is 4.74 Å². The van der Waals surface area contributed by atoms with Gasteiger partial charge in [0.1, 0.15) is 5.75 Å². The minimum Gasteiger partial charge on any atom is -0.497 e. The Morgan fingerprint density at radius 2 is 2.20 bits per heavy atom. The number of methoxy groups -OCH3 is 1. The van der Waals surface area contributed by atoms with Gasteiger partial charge in [0.2, 0.25) is 0 Å². The van der Waals surface area contributed by atoms with Gasteiger partial charge in [-0.1, -0.05) is 0 Å². The molecule has 2 rings (SSSR count). The molecule has 6 heteroatoms. The van der Waals surface area contributed by atoms with Crippen LogP contribution in [-0.2, 0) is 4.79 Å². The molecule has 0 saturated carbocycles. The lowest BCUT2D eigenvalue weighted by atomic mass is 10.2. The van der Waals surface area contributed by atoms with Crippen molar-refractivity contribution in [2.45, 2.75) is 17.9 Å². The number of ether oxygens (including phenoxy) is 1. The summed E-state index contributed by atoms with van der Waals surface area (Å²) in [6.45, 7) is 1.88. The Morgan fingerprint density at radius 3 is 2.85 bits per heavy atom. The van der Waals surface area contributed by atoms with E-state index in [-0.39, 0.29) is 5.75 Å². The quantitative estimate of drug-likeness (QED) is 0.822. The molecule has 0 radical (unpaired) electrons. The smallest absolute Gasteiger partial charge is 0.333 e. The molecule has 0 aliphatic heterocycles. The number of carboxylic acids is 1. The number of nitrogens with zero attached hydrogens (tertiary/aromatic N) is 1. The Hall–Kier alpha value is -1.79. The van der Waals surface area contributed by atoms with Crippen molar-refractivity contribution in [3.8, 4) is 5.75 Å². The van der Waals surface area contributed by atoms with Crippen LogP contribution in [-0.4, -0.2) is 40.1 Å². The fraction of sp³-hybridized carbons (Fsp3) is 0.286. The van der Waals surface area contributed by atoms with Crippen molar-refractivity contribution in [1.29, 1.82) is 0 Å². The van der Waals surface area contributed by atoms with Crippen molar-refractivity contribution in [2.75, 3.05) is 12.9 Å². The highest BCUT2D eigenvalue weighted by Crippen LogP contribution is 2.30. The maximum Gasteiger partial charge on any atom is 0.333 e. The number of pyridine rings is 1. The van der Waals surface area contributed by atoms with E-state index in [2.05, 4.69) is 4.98 Å². The van der Waals surface area contributed by atoms with Crippen molar-refractivity contribution in [1.82, 2.24) is 4.98 Å². The van der Waals surface area contributed by atoms with E-state index in [1.54, 1.807) is 7.11 Å². The maximum atomic E-state index is 10.7. The van der Waals surface area contributed by atoms with Crippen LogP contribution in [0.25, 0.3) is 10.9 Å². The zero-order valence-corrected chi connectivity index (χ0v) is 12.0. The molecule has 0 fully saturated rings. The molecule has 0 spiro atoms. The number of aryl methyl sites for hydroxylation is 1. The number of fused-ring (bicyclic) bond motifs is 1. The Kier molecular flexibility index (Phi) is 4.46. The largest absolute Gasteiger partial charge is 0.497 e. The molecule has 0 amide bonds. The summed E-state index contributed by atoms with van der Waals surface area (Å²) in [5.74, 6) is -0.417. The van der Waals surface area contributed by atoms with Gasteiger partial charge in [0, 0.05) is 21.7 Å².